The number of para-hydroxylation sites is 1. The molecule has 0 saturated carbocycles. The van der Waals surface area contributed by atoms with Crippen molar-refractivity contribution in [1.82, 2.24) is 19.4 Å². The number of rotatable bonds is 10. The highest BCUT2D eigenvalue weighted by Gasteiger charge is 2.37. The molecule has 1 aliphatic rings. The van der Waals surface area contributed by atoms with Gasteiger partial charge >= 0.3 is 0 Å². The van der Waals surface area contributed by atoms with Gasteiger partial charge in [-0.1, -0.05) is 24.8 Å². The Hall–Kier alpha value is -4.51. The Labute approximate surface area is 243 Å². The van der Waals surface area contributed by atoms with E-state index in [2.05, 4.69) is 27.1 Å². The molecule has 1 aliphatic heterocycles. The summed E-state index contributed by atoms with van der Waals surface area (Å²) in [6.07, 6.45) is 2.88. The number of likely N-dealkylation sites (N-methyl/N-ethyl adjacent to an activating group) is 2. The molecule has 9 nitrogen and oxygen atoms in total. The maximum Gasteiger partial charge on any atom is 0.266 e. The van der Waals surface area contributed by atoms with Crippen LogP contribution < -0.4 is 20.3 Å². The van der Waals surface area contributed by atoms with Gasteiger partial charge in [0.1, 0.15) is 5.75 Å². The van der Waals surface area contributed by atoms with Gasteiger partial charge in [0.05, 0.1) is 36.4 Å². The SMILES string of the molecule is C=CC(=O)Nc1cc(Nc2nccc(-c3c4n(c5ccccc35)CC(F)(F)CC4)n2)c(OC)cc1N(C)CCN(C)C. The summed E-state index contributed by atoms with van der Waals surface area (Å²) in [6.45, 7) is 4.74. The first-order chi connectivity index (χ1) is 20.1. The van der Waals surface area contributed by atoms with Crippen LogP contribution in [0.25, 0.3) is 22.2 Å². The van der Waals surface area contributed by atoms with E-state index in [1.165, 1.54) is 6.08 Å². The van der Waals surface area contributed by atoms with Gasteiger partial charge in [0, 0.05) is 61.0 Å². The number of nitrogens with zero attached hydrogens (tertiary/aromatic N) is 5. The van der Waals surface area contributed by atoms with E-state index in [0.717, 1.165) is 34.4 Å². The van der Waals surface area contributed by atoms with Crippen LogP contribution in [0.4, 0.5) is 31.8 Å². The second-order valence-corrected chi connectivity index (χ2v) is 10.7. The highest BCUT2D eigenvalue weighted by atomic mass is 19.3. The van der Waals surface area contributed by atoms with Crippen molar-refractivity contribution in [3.05, 3.63) is 67.0 Å². The van der Waals surface area contributed by atoms with Crippen LogP contribution in [0.5, 0.6) is 5.75 Å². The molecule has 220 valence electrons. The van der Waals surface area contributed by atoms with E-state index in [-0.39, 0.29) is 25.3 Å². The van der Waals surface area contributed by atoms with Crippen LogP contribution in [0, 0.1) is 0 Å². The van der Waals surface area contributed by atoms with Gasteiger partial charge in [-0.15, -0.1) is 0 Å². The van der Waals surface area contributed by atoms with Gasteiger partial charge in [-0.2, -0.15) is 0 Å². The van der Waals surface area contributed by atoms with Crippen molar-refractivity contribution >= 4 is 39.8 Å². The fraction of sp³-hybridized carbons (Fsp3) is 0.323. The number of halogens is 2. The number of hydrogen-bond donors (Lipinski definition) is 2. The summed E-state index contributed by atoms with van der Waals surface area (Å²) in [5.74, 6) is -2.28. The molecule has 11 heteroatoms. The molecule has 2 aromatic heterocycles. The lowest BCUT2D eigenvalue weighted by Crippen LogP contribution is -2.30. The Morgan fingerprint density at radius 2 is 1.95 bits per heavy atom. The highest BCUT2D eigenvalue weighted by molar-refractivity contribution is 6.02. The third-order valence-electron chi connectivity index (χ3n) is 7.41. The van der Waals surface area contributed by atoms with Crippen LogP contribution in [-0.4, -0.2) is 72.6 Å². The summed E-state index contributed by atoms with van der Waals surface area (Å²) in [4.78, 5) is 25.6. The molecular formula is C31H35F2N7O2. The summed E-state index contributed by atoms with van der Waals surface area (Å²) in [5, 5.41) is 6.99. The molecular weight excluding hydrogens is 540 g/mol. The summed E-state index contributed by atoms with van der Waals surface area (Å²) in [5.41, 5.74) is 4.93. The molecule has 0 saturated heterocycles. The summed E-state index contributed by atoms with van der Waals surface area (Å²) < 4.78 is 36.2. The van der Waals surface area contributed by atoms with Gasteiger partial charge in [0.2, 0.25) is 11.9 Å². The van der Waals surface area contributed by atoms with Crippen molar-refractivity contribution in [2.75, 3.05) is 56.9 Å². The number of methoxy groups -OCH3 is 1. The lowest BCUT2D eigenvalue weighted by Gasteiger charge is -2.26. The zero-order valence-electron chi connectivity index (χ0n) is 24.2. The van der Waals surface area contributed by atoms with Gasteiger partial charge in [-0.25, -0.2) is 18.7 Å². The van der Waals surface area contributed by atoms with Crippen molar-refractivity contribution in [2.45, 2.75) is 25.3 Å². The Kier molecular flexibility index (Phi) is 8.13. The Morgan fingerprint density at radius 1 is 1.17 bits per heavy atom. The number of carbonyl (C=O) groups is 1. The van der Waals surface area contributed by atoms with E-state index in [1.807, 2.05) is 56.4 Å². The molecule has 2 N–H and O–H groups in total. The fourth-order valence-electron chi connectivity index (χ4n) is 5.28. The highest BCUT2D eigenvalue weighted by Crippen LogP contribution is 2.42. The Balaban J connectivity index is 1.54. The van der Waals surface area contributed by atoms with E-state index in [4.69, 9.17) is 9.72 Å². The predicted octanol–water partition coefficient (Wildman–Crippen LogP) is 5.55. The normalized spacial score (nSPS) is 14.0. The monoisotopic (exact) mass is 575 g/mol. The molecule has 0 spiro atoms. The zero-order valence-corrected chi connectivity index (χ0v) is 24.2. The molecule has 0 aliphatic carbocycles. The van der Waals surface area contributed by atoms with Gasteiger partial charge in [0.15, 0.2) is 0 Å². The zero-order chi connectivity index (χ0) is 30.0. The standard InChI is InChI=1S/C31H35F2N7O2/c1-6-28(41)35-22-17-23(27(42-5)18-26(22)39(4)16-15-38(2)3)37-30-34-14-12-21(36-30)29-20-9-7-8-10-24(20)40-19-31(32,33)13-11-25(29)40/h6-10,12,14,17-18H,1,11,13,15-16,19H2,2-5H3,(H,35,41)(H,34,36,37). The van der Waals surface area contributed by atoms with Crippen LogP contribution in [0.2, 0.25) is 0 Å². The lowest BCUT2D eigenvalue weighted by molar-refractivity contribution is -0.111. The van der Waals surface area contributed by atoms with E-state index < -0.39 is 5.92 Å². The predicted molar refractivity (Wildman–Crippen MR) is 163 cm³/mol. The maximum atomic E-state index is 14.4. The van der Waals surface area contributed by atoms with E-state index in [0.29, 0.717) is 35.3 Å². The topological polar surface area (TPSA) is 87.5 Å². The molecule has 42 heavy (non-hydrogen) atoms. The smallest absolute Gasteiger partial charge is 0.266 e. The molecule has 0 fully saturated rings. The molecule has 0 unspecified atom stereocenters. The van der Waals surface area contributed by atoms with Crippen LogP contribution in [0.1, 0.15) is 12.1 Å². The average molecular weight is 576 g/mol. The molecule has 3 heterocycles. The number of alkyl halides is 2. The fourth-order valence-corrected chi connectivity index (χ4v) is 5.28. The lowest BCUT2D eigenvalue weighted by atomic mass is 10.0. The van der Waals surface area contributed by atoms with Crippen molar-refractivity contribution in [3.8, 4) is 17.0 Å². The first kappa shape index (κ1) is 29.0. The third-order valence-corrected chi connectivity index (χ3v) is 7.41. The van der Waals surface area contributed by atoms with Crippen LogP contribution in [-0.2, 0) is 17.8 Å². The summed E-state index contributed by atoms with van der Waals surface area (Å²) in [7, 11) is 7.51. The molecule has 2 aromatic carbocycles. The van der Waals surface area contributed by atoms with Crippen molar-refractivity contribution in [2.24, 2.45) is 0 Å². The van der Waals surface area contributed by atoms with Crippen molar-refractivity contribution < 1.29 is 18.3 Å². The maximum absolute atomic E-state index is 14.4. The number of carbonyl (C=O) groups excluding carboxylic acids is 1. The molecule has 0 bridgehead atoms. The first-order valence-electron chi connectivity index (χ1n) is 13.7. The number of amides is 1. The molecule has 0 atom stereocenters. The number of fused-ring (bicyclic) bond motifs is 3. The summed E-state index contributed by atoms with van der Waals surface area (Å²) in [6, 6.07) is 13.0. The van der Waals surface area contributed by atoms with Gasteiger partial charge < -0.3 is 29.7 Å². The number of aromatic nitrogens is 3. The van der Waals surface area contributed by atoms with E-state index >= 15 is 0 Å². The van der Waals surface area contributed by atoms with Gasteiger partial charge in [-0.3, -0.25) is 4.79 Å². The number of ether oxygens (including phenoxy) is 1. The second-order valence-electron chi connectivity index (χ2n) is 10.7. The van der Waals surface area contributed by atoms with Crippen molar-refractivity contribution in [3.63, 3.8) is 0 Å². The minimum absolute atomic E-state index is 0.210. The number of hydrogen-bond acceptors (Lipinski definition) is 7. The molecule has 1 amide bonds. The van der Waals surface area contributed by atoms with Crippen LogP contribution >= 0.6 is 0 Å². The molecule has 0 radical (unpaired) electrons. The van der Waals surface area contributed by atoms with Gasteiger partial charge in [0.25, 0.3) is 5.92 Å². The van der Waals surface area contributed by atoms with Crippen LogP contribution in [0.15, 0.2) is 61.3 Å². The third kappa shape index (κ3) is 5.91. The Morgan fingerprint density at radius 3 is 2.69 bits per heavy atom. The van der Waals surface area contributed by atoms with E-state index in [1.54, 1.807) is 30.0 Å². The van der Waals surface area contributed by atoms with Crippen LogP contribution in [0.3, 0.4) is 0 Å². The van der Waals surface area contributed by atoms with Crippen molar-refractivity contribution in [1.29, 1.82) is 0 Å². The average Bonchev–Trinajstić information content (AvgIpc) is 3.28. The minimum atomic E-state index is -2.76. The number of anilines is 4. The quantitative estimate of drug-likeness (QED) is 0.240. The first-order valence-corrected chi connectivity index (χ1v) is 13.7. The minimum Gasteiger partial charge on any atom is -0.494 e. The number of nitrogens with one attached hydrogen (secondary N) is 2. The second kappa shape index (κ2) is 11.8. The summed E-state index contributed by atoms with van der Waals surface area (Å²) >= 11 is 0. The molecule has 5 rings (SSSR count). The largest absolute Gasteiger partial charge is 0.494 e. The molecule has 4 aromatic rings. The van der Waals surface area contributed by atoms with Gasteiger partial charge in [-0.05, 0) is 44.8 Å². The Bertz CT molecular complexity index is 1630. The van der Waals surface area contributed by atoms with E-state index in [9.17, 15) is 13.6 Å². The number of benzene rings is 2.